The first-order valence-corrected chi connectivity index (χ1v) is 16.6. The van der Waals surface area contributed by atoms with Gasteiger partial charge >= 0.3 is 6.09 Å². The van der Waals surface area contributed by atoms with E-state index in [-0.39, 0.29) is 12.2 Å². The summed E-state index contributed by atoms with van der Waals surface area (Å²) in [6.45, 7) is 17.2. The van der Waals surface area contributed by atoms with E-state index in [0.29, 0.717) is 34.2 Å². The zero-order valence-electron chi connectivity index (χ0n) is 29.1. The summed E-state index contributed by atoms with van der Waals surface area (Å²) in [6.07, 6.45) is 0.805. The van der Waals surface area contributed by atoms with Gasteiger partial charge in [-0.05, 0) is 102 Å². The third-order valence-electron chi connectivity index (χ3n) is 7.81. The molecule has 0 spiro atoms. The zero-order chi connectivity index (χ0) is 35.1. The molecule has 0 radical (unpaired) electrons. The number of carbonyl (C=O) groups is 3. The second kappa shape index (κ2) is 16.2. The normalized spacial score (nSPS) is 13.4. The molecule has 3 atom stereocenters. The van der Waals surface area contributed by atoms with E-state index in [1.807, 2.05) is 58.0 Å². The Morgan fingerprint density at radius 3 is 2.09 bits per heavy atom. The molecule has 3 aromatic carbocycles. The van der Waals surface area contributed by atoms with Gasteiger partial charge in [0, 0.05) is 12.5 Å². The van der Waals surface area contributed by atoms with Gasteiger partial charge in [-0.25, -0.2) is 4.79 Å². The predicted molar refractivity (Wildman–Crippen MR) is 189 cm³/mol. The van der Waals surface area contributed by atoms with Gasteiger partial charge in [-0.1, -0.05) is 79.0 Å². The van der Waals surface area contributed by atoms with Gasteiger partial charge in [0.1, 0.15) is 23.4 Å². The standard InChI is InChI=1S/C38H50ClN3O5/c1-23(2)13-14-27(6)42(36(45)32(40-37(46)47-38(7,8)9)22-28-15-17-30(43)18-16-28)34(29-20-24(3)19-25(4)21-29)35(44)41-33-26(5)11-10-12-31(33)39/h10-12,15-21,23,27,32,34,43H,13-14,22H2,1-9H3,(H,40,46)(H,41,44). The minimum absolute atomic E-state index is 0.0853. The largest absolute Gasteiger partial charge is 0.508 e. The Hall–Kier alpha value is -4.04. The number of alkyl carbamates (subject to hydrolysis) is 1. The lowest BCUT2D eigenvalue weighted by Crippen LogP contribution is -2.55. The highest BCUT2D eigenvalue weighted by Crippen LogP contribution is 2.33. The molecule has 0 aliphatic carbocycles. The molecular weight excluding hydrogens is 614 g/mol. The van der Waals surface area contributed by atoms with Crippen LogP contribution in [0.2, 0.25) is 5.02 Å². The van der Waals surface area contributed by atoms with Crippen molar-refractivity contribution >= 4 is 35.2 Å². The average molecular weight is 664 g/mol. The third-order valence-corrected chi connectivity index (χ3v) is 8.13. The van der Waals surface area contributed by atoms with Crippen LogP contribution in [0.4, 0.5) is 10.5 Å². The van der Waals surface area contributed by atoms with Gasteiger partial charge in [-0.2, -0.15) is 0 Å². The van der Waals surface area contributed by atoms with Crippen molar-refractivity contribution < 1.29 is 24.2 Å². The van der Waals surface area contributed by atoms with E-state index < -0.39 is 41.6 Å². The Morgan fingerprint density at radius 2 is 1.53 bits per heavy atom. The van der Waals surface area contributed by atoms with Crippen LogP contribution in [0.1, 0.15) is 88.2 Å². The number of hydrogen-bond donors (Lipinski definition) is 3. The van der Waals surface area contributed by atoms with Crippen LogP contribution in [0.5, 0.6) is 5.75 Å². The summed E-state index contributed by atoms with van der Waals surface area (Å²) in [7, 11) is 0. The molecule has 3 rings (SSSR count). The Kier molecular flexibility index (Phi) is 12.9. The number of phenolic OH excluding ortho intramolecular Hbond substituents is 1. The first-order chi connectivity index (χ1) is 21.9. The highest BCUT2D eigenvalue weighted by Gasteiger charge is 2.39. The van der Waals surface area contributed by atoms with E-state index in [2.05, 4.69) is 24.5 Å². The van der Waals surface area contributed by atoms with Crippen LogP contribution >= 0.6 is 11.6 Å². The first-order valence-electron chi connectivity index (χ1n) is 16.2. The Morgan fingerprint density at radius 1 is 0.915 bits per heavy atom. The molecule has 3 N–H and O–H groups in total. The minimum Gasteiger partial charge on any atom is -0.508 e. The lowest BCUT2D eigenvalue weighted by molar-refractivity contribution is -0.143. The molecule has 47 heavy (non-hydrogen) atoms. The molecule has 3 unspecified atom stereocenters. The molecule has 0 bridgehead atoms. The molecule has 0 saturated carbocycles. The van der Waals surface area contributed by atoms with E-state index in [1.54, 1.807) is 43.9 Å². The van der Waals surface area contributed by atoms with Gasteiger partial charge in [-0.3, -0.25) is 9.59 Å². The molecule has 0 aliphatic heterocycles. The minimum atomic E-state index is -1.08. The summed E-state index contributed by atoms with van der Waals surface area (Å²) in [5.41, 5.74) is 3.72. The number of carbonyl (C=O) groups excluding carboxylic acids is 3. The number of nitrogens with one attached hydrogen (secondary N) is 2. The Bertz CT molecular complexity index is 1510. The number of anilines is 1. The van der Waals surface area contributed by atoms with Crippen LogP contribution in [-0.4, -0.2) is 45.6 Å². The predicted octanol–water partition coefficient (Wildman–Crippen LogP) is 8.44. The summed E-state index contributed by atoms with van der Waals surface area (Å²) < 4.78 is 5.57. The number of ether oxygens (including phenoxy) is 1. The Labute approximate surface area is 284 Å². The van der Waals surface area contributed by atoms with Gasteiger partial charge in [0.15, 0.2) is 0 Å². The van der Waals surface area contributed by atoms with Gasteiger partial charge in [0.05, 0.1) is 10.7 Å². The maximum absolute atomic E-state index is 15.0. The van der Waals surface area contributed by atoms with Crippen molar-refractivity contribution in [3.63, 3.8) is 0 Å². The summed E-state index contributed by atoms with van der Waals surface area (Å²) >= 11 is 6.55. The maximum atomic E-state index is 15.0. The highest BCUT2D eigenvalue weighted by molar-refractivity contribution is 6.34. The molecule has 8 nitrogen and oxygen atoms in total. The fourth-order valence-electron chi connectivity index (χ4n) is 5.60. The molecule has 254 valence electrons. The average Bonchev–Trinajstić information content (AvgIpc) is 2.95. The lowest BCUT2D eigenvalue weighted by atomic mass is 9.94. The first kappa shape index (κ1) is 37.4. The molecule has 0 heterocycles. The number of rotatable bonds is 12. The van der Waals surface area contributed by atoms with E-state index in [4.69, 9.17) is 16.3 Å². The van der Waals surface area contributed by atoms with Gasteiger partial charge in [-0.15, -0.1) is 0 Å². The molecule has 3 aromatic rings. The van der Waals surface area contributed by atoms with Crippen LogP contribution in [0, 0.1) is 26.7 Å². The summed E-state index contributed by atoms with van der Waals surface area (Å²) in [5.74, 6) is -0.407. The number of para-hydroxylation sites is 1. The molecule has 3 amide bonds. The van der Waals surface area contributed by atoms with E-state index in [0.717, 1.165) is 23.1 Å². The van der Waals surface area contributed by atoms with Crippen LogP contribution < -0.4 is 10.6 Å². The fraction of sp³-hybridized carbons (Fsp3) is 0.447. The number of aryl methyl sites for hydroxylation is 3. The van der Waals surface area contributed by atoms with Crippen molar-refractivity contribution in [3.8, 4) is 5.75 Å². The second-order valence-corrected chi connectivity index (χ2v) is 14.3. The number of phenols is 1. The SMILES string of the molecule is Cc1cc(C)cc(C(C(=O)Nc2c(C)cccc2Cl)N(C(=O)C(Cc2ccc(O)cc2)NC(=O)OC(C)(C)C)C(C)CCC(C)C)c1. The van der Waals surface area contributed by atoms with Gasteiger partial charge in [0.25, 0.3) is 5.91 Å². The van der Waals surface area contributed by atoms with E-state index in [9.17, 15) is 19.5 Å². The van der Waals surface area contributed by atoms with Crippen molar-refractivity contribution in [2.45, 2.75) is 105 Å². The Balaban J connectivity index is 2.20. The van der Waals surface area contributed by atoms with Gasteiger partial charge in [0.2, 0.25) is 5.91 Å². The number of halogens is 1. The number of benzene rings is 3. The topological polar surface area (TPSA) is 108 Å². The van der Waals surface area contributed by atoms with Crippen molar-refractivity contribution in [3.05, 3.63) is 93.5 Å². The van der Waals surface area contributed by atoms with Crippen molar-refractivity contribution in [2.75, 3.05) is 5.32 Å². The molecule has 0 saturated heterocycles. The number of aromatic hydroxyl groups is 1. The zero-order valence-corrected chi connectivity index (χ0v) is 29.9. The maximum Gasteiger partial charge on any atom is 0.408 e. The highest BCUT2D eigenvalue weighted by atomic mass is 35.5. The fourth-order valence-corrected chi connectivity index (χ4v) is 5.87. The van der Waals surface area contributed by atoms with E-state index in [1.165, 1.54) is 12.1 Å². The summed E-state index contributed by atoms with van der Waals surface area (Å²) in [4.78, 5) is 44.3. The number of nitrogens with zero attached hydrogens (tertiary/aromatic N) is 1. The summed E-state index contributed by atoms with van der Waals surface area (Å²) in [6, 6.07) is 15.2. The van der Waals surface area contributed by atoms with E-state index >= 15 is 0 Å². The smallest absolute Gasteiger partial charge is 0.408 e. The molecule has 0 aromatic heterocycles. The summed E-state index contributed by atoms with van der Waals surface area (Å²) in [5, 5.41) is 16.1. The quantitative estimate of drug-likeness (QED) is 0.180. The van der Waals surface area contributed by atoms with Gasteiger partial charge < -0.3 is 25.4 Å². The van der Waals surface area contributed by atoms with Crippen molar-refractivity contribution in [2.24, 2.45) is 5.92 Å². The third kappa shape index (κ3) is 11.0. The lowest BCUT2D eigenvalue weighted by Gasteiger charge is -2.39. The van der Waals surface area contributed by atoms with Crippen molar-refractivity contribution in [1.29, 1.82) is 0 Å². The number of hydrogen-bond acceptors (Lipinski definition) is 5. The molecule has 0 aliphatic rings. The molecule has 9 heteroatoms. The number of amides is 3. The monoisotopic (exact) mass is 663 g/mol. The van der Waals surface area contributed by atoms with Crippen LogP contribution in [0.25, 0.3) is 0 Å². The van der Waals surface area contributed by atoms with Crippen LogP contribution in [0.3, 0.4) is 0 Å². The van der Waals surface area contributed by atoms with Crippen LogP contribution in [-0.2, 0) is 20.7 Å². The van der Waals surface area contributed by atoms with Crippen molar-refractivity contribution in [1.82, 2.24) is 10.2 Å². The van der Waals surface area contributed by atoms with Crippen LogP contribution in [0.15, 0.2) is 60.7 Å². The molecule has 0 fully saturated rings. The molecular formula is C38H50ClN3O5. The second-order valence-electron chi connectivity index (χ2n) is 13.9.